The minimum Gasteiger partial charge on any atom is -0.489 e. The molecule has 2 aromatic carbocycles. The maximum atomic E-state index is 9.52. The third kappa shape index (κ3) is 4.57. The first kappa shape index (κ1) is 17.5. The Morgan fingerprint density at radius 2 is 1.78 bits per heavy atom. The smallest absolute Gasteiger partial charge is 0.120 e. The molecule has 0 aliphatic rings. The molecule has 2 unspecified atom stereocenters. The summed E-state index contributed by atoms with van der Waals surface area (Å²) in [5.41, 5.74) is 3.59. The first-order valence-electron chi connectivity index (χ1n) is 8.07. The summed E-state index contributed by atoms with van der Waals surface area (Å²) in [7, 11) is 4.10. The SMILES string of the molecule is Cc1cc(OCc2ccccc2)ccc1C(C(C)CO)N(C)C. The zero-order chi connectivity index (χ0) is 16.8. The van der Waals surface area contributed by atoms with Gasteiger partial charge in [-0.3, -0.25) is 0 Å². The van der Waals surface area contributed by atoms with Crippen LogP contribution in [-0.2, 0) is 6.61 Å². The number of nitrogens with zero attached hydrogens (tertiary/aromatic N) is 1. The molecule has 0 aromatic heterocycles. The number of aryl methyl sites for hydroxylation is 1. The average molecular weight is 313 g/mol. The minimum atomic E-state index is 0.175. The summed E-state index contributed by atoms with van der Waals surface area (Å²) in [6, 6.07) is 16.6. The lowest BCUT2D eigenvalue weighted by Crippen LogP contribution is -2.28. The Morgan fingerprint density at radius 1 is 1.09 bits per heavy atom. The minimum absolute atomic E-state index is 0.175. The van der Waals surface area contributed by atoms with Crippen molar-refractivity contribution in [3.63, 3.8) is 0 Å². The van der Waals surface area contributed by atoms with Crippen molar-refractivity contribution in [3.8, 4) is 5.75 Å². The zero-order valence-corrected chi connectivity index (χ0v) is 14.5. The second kappa shape index (κ2) is 8.14. The molecular weight excluding hydrogens is 286 g/mol. The van der Waals surface area contributed by atoms with Gasteiger partial charge in [0.05, 0.1) is 0 Å². The summed E-state index contributed by atoms with van der Waals surface area (Å²) >= 11 is 0. The highest BCUT2D eigenvalue weighted by molar-refractivity contribution is 5.37. The summed E-state index contributed by atoms with van der Waals surface area (Å²) in [6.07, 6.45) is 0. The van der Waals surface area contributed by atoms with E-state index in [1.165, 1.54) is 11.1 Å². The van der Waals surface area contributed by atoms with Crippen LogP contribution in [0.25, 0.3) is 0 Å². The van der Waals surface area contributed by atoms with Crippen LogP contribution in [0.2, 0.25) is 0 Å². The molecule has 0 spiro atoms. The van der Waals surface area contributed by atoms with Gasteiger partial charge in [0.1, 0.15) is 12.4 Å². The van der Waals surface area contributed by atoms with E-state index in [9.17, 15) is 5.11 Å². The topological polar surface area (TPSA) is 32.7 Å². The monoisotopic (exact) mass is 313 g/mol. The number of aliphatic hydroxyl groups is 1. The van der Waals surface area contributed by atoms with Crippen molar-refractivity contribution < 1.29 is 9.84 Å². The van der Waals surface area contributed by atoms with Gasteiger partial charge < -0.3 is 14.7 Å². The van der Waals surface area contributed by atoms with Gasteiger partial charge in [-0.1, -0.05) is 43.3 Å². The van der Waals surface area contributed by atoms with Crippen molar-refractivity contribution in [2.45, 2.75) is 26.5 Å². The molecule has 124 valence electrons. The molecule has 23 heavy (non-hydrogen) atoms. The zero-order valence-electron chi connectivity index (χ0n) is 14.5. The molecule has 0 bridgehead atoms. The molecule has 0 aliphatic heterocycles. The number of ether oxygens (including phenoxy) is 1. The first-order chi connectivity index (χ1) is 11.0. The highest BCUT2D eigenvalue weighted by Gasteiger charge is 2.22. The van der Waals surface area contributed by atoms with E-state index in [-0.39, 0.29) is 18.6 Å². The van der Waals surface area contributed by atoms with E-state index in [0.29, 0.717) is 6.61 Å². The molecule has 0 amide bonds. The highest BCUT2D eigenvalue weighted by atomic mass is 16.5. The van der Waals surface area contributed by atoms with Gasteiger partial charge in [-0.25, -0.2) is 0 Å². The first-order valence-corrected chi connectivity index (χ1v) is 8.07. The normalized spacial score (nSPS) is 13.8. The van der Waals surface area contributed by atoms with Crippen molar-refractivity contribution in [1.82, 2.24) is 4.90 Å². The Balaban J connectivity index is 2.13. The number of benzene rings is 2. The van der Waals surface area contributed by atoms with Crippen LogP contribution in [0, 0.1) is 12.8 Å². The van der Waals surface area contributed by atoms with Gasteiger partial charge in [0, 0.05) is 12.6 Å². The molecule has 0 radical (unpaired) electrons. The van der Waals surface area contributed by atoms with Gasteiger partial charge in [0.2, 0.25) is 0 Å². The van der Waals surface area contributed by atoms with Gasteiger partial charge in [0.25, 0.3) is 0 Å². The van der Waals surface area contributed by atoms with E-state index in [4.69, 9.17) is 4.74 Å². The molecule has 3 nitrogen and oxygen atoms in total. The van der Waals surface area contributed by atoms with E-state index in [1.807, 2.05) is 24.3 Å². The Kier molecular flexibility index (Phi) is 6.20. The lowest BCUT2D eigenvalue weighted by molar-refractivity contribution is 0.145. The molecule has 1 N–H and O–H groups in total. The van der Waals surface area contributed by atoms with Crippen LogP contribution in [0.15, 0.2) is 48.5 Å². The summed E-state index contributed by atoms with van der Waals surface area (Å²) in [5.74, 6) is 1.06. The number of rotatable bonds is 7. The van der Waals surface area contributed by atoms with E-state index < -0.39 is 0 Å². The lowest BCUT2D eigenvalue weighted by Gasteiger charge is -2.31. The fourth-order valence-corrected chi connectivity index (χ4v) is 3.00. The van der Waals surface area contributed by atoms with Crippen molar-refractivity contribution in [1.29, 1.82) is 0 Å². The molecule has 2 atom stereocenters. The van der Waals surface area contributed by atoms with Gasteiger partial charge in [0.15, 0.2) is 0 Å². The average Bonchev–Trinajstić information content (AvgIpc) is 2.55. The number of hydrogen-bond acceptors (Lipinski definition) is 3. The molecular formula is C20H27NO2. The van der Waals surface area contributed by atoms with Crippen molar-refractivity contribution in [2.75, 3.05) is 20.7 Å². The van der Waals surface area contributed by atoms with Crippen molar-refractivity contribution >= 4 is 0 Å². The Morgan fingerprint density at radius 3 is 2.35 bits per heavy atom. The highest BCUT2D eigenvalue weighted by Crippen LogP contribution is 2.31. The molecule has 3 heteroatoms. The molecule has 0 aliphatic carbocycles. The predicted molar refractivity (Wildman–Crippen MR) is 94.6 cm³/mol. The maximum Gasteiger partial charge on any atom is 0.120 e. The summed E-state index contributed by atoms with van der Waals surface area (Å²) in [6.45, 7) is 4.92. The quantitative estimate of drug-likeness (QED) is 0.844. The fourth-order valence-electron chi connectivity index (χ4n) is 3.00. The fraction of sp³-hybridized carbons (Fsp3) is 0.400. The van der Waals surface area contributed by atoms with Crippen LogP contribution in [-0.4, -0.2) is 30.7 Å². The number of hydrogen-bond donors (Lipinski definition) is 1. The molecule has 0 saturated carbocycles. The maximum absolute atomic E-state index is 9.52. The van der Waals surface area contributed by atoms with Crippen LogP contribution in [0.1, 0.15) is 29.7 Å². The predicted octanol–water partition coefficient (Wildman–Crippen LogP) is 3.81. The van der Waals surface area contributed by atoms with Crippen LogP contribution in [0.4, 0.5) is 0 Å². The van der Waals surface area contributed by atoms with Crippen molar-refractivity contribution in [3.05, 3.63) is 65.2 Å². The van der Waals surface area contributed by atoms with E-state index in [1.54, 1.807) is 0 Å². The summed E-state index contributed by atoms with van der Waals surface area (Å²) < 4.78 is 5.89. The second-order valence-electron chi connectivity index (χ2n) is 6.36. The summed E-state index contributed by atoms with van der Waals surface area (Å²) in [4.78, 5) is 2.16. The summed E-state index contributed by atoms with van der Waals surface area (Å²) in [5, 5.41) is 9.52. The van der Waals surface area contributed by atoms with Crippen LogP contribution in [0.3, 0.4) is 0 Å². The van der Waals surface area contributed by atoms with Crippen LogP contribution >= 0.6 is 0 Å². The Bertz CT molecular complexity index is 610. The van der Waals surface area contributed by atoms with Crippen LogP contribution in [0.5, 0.6) is 5.75 Å². The lowest BCUT2D eigenvalue weighted by atomic mass is 9.91. The largest absolute Gasteiger partial charge is 0.489 e. The number of aliphatic hydroxyl groups excluding tert-OH is 1. The molecule has 0 saturated heterocycles. The Hall–Kier alpha value is -1.84. The Labute approximate surface area is 139 Å². The van der Waals surface area contributed by atoms with Crippen LogP contribution < -0.4 is 4.74 Å². The second-order valence-corrected chi connectivity index (χ2v) is 6.36. The molecule has 0 fully saturated rings. The standard InChI is InChI=1S/C20H27NO2/c1-15-12-18(23-14-17-8-6-5-7-9-17)10-11-19(15)20(21(3)4)16(2)13-22/h5-12,16,20,22H,13-14H2,1-4H3. The third-order valence-corrected chi connectivity index (χ3v) is 4.19. The van der Waals surface area contributed by atoms with E-state index in [2.05, 4.69) is 57.1 Å². The van der Waals surface area contributed by atoms with E-state index in [0.717, 1.165) is 11.3 Å². The van der Waals surface area contributed by atoms with Gasteiger partial charge >= 0.3 is 0 Å². The molecule has 0 heterocycles. The third-order valence-electron chi connectivity index (χ3n) is 4.19. The van der Waals surface area contributed by atoms with Gasteiger partial charge in [-0.2, -0.15) is 0 Å². The van der Waals surface area contributed by atoms with Crippen molar-refractivity contribution in [2.24, 2.45) is 5.92 Å². The molecule has 2 aromatic rings. The van der Waals surface area contributed by atoms with E-state index >= 15 is 0 Å². The van der Waals surface area contributed by atoms with Gasteiger partial charge in [-0.05, 0) is 55.8 Å². The molecule has 2 rings (SSSR count). The van der Waals surface area contributed by atoms with Gasteiger partial charge in [-0.15, -0.1) is 0 Å².